The van der Waals surface area contributed by atoms with Crippen LogP contribution in [0.1, 0.15) is 15.9 Å². The van der Waals surface area contributed by atoms with Crippen LogP contribution in [0.3, 0.4) is 0 Å². The Morgan fingerprint density at radius 3 is 2.42 bits per heavy atom. The van der Waals surface area contributed by atoms with E-state index >= 15 is 0 Å². The van der Waals surface area contributed by atoms with Crippen LogP contribution < -0.4 is 0 Å². The first-order valence-electron chi connectivity index (χ1n) is 3.18. The summed E-state index contributed by atoms with van der Waals surface area (Å²) in [7, 11) is 0. The van der Waals surface area contributed by atoms with E-state index in [1.165, 1.54) is 13.0 Å². The second kappa shape index (κ2) is 3.19. The van der Waals surface area contributed by atoms with Crippen molar-refractivity contribution in [3.63, 3.8) is 0 Å². The van der Waals surface area contributed by atoms with Crippen molar-refractivity contribution in [1.82, 2.24) is 0 Å². The summed E-state index contributed by atoms with van der Waals surface area (Å²) in [5.41, 5.74) is -0.489. The van der Waals surface area contributed by atoms with Gasteiger partial charge in [-0.15, -0.1) is 0 Å². The summed E-state index contributed by atoms with van der Waals surface area (Å²) < 4.78 is 25.7. The van der Waals surface area contributed by atoms with E-state index in [9.17, 15) is 13.6 Å². The van der Waals surface area contributed by atoms with Gasteiger partial charge in [0.1, 0.15) is 17.2 Å². The fourth-order valence-corrected chi connectivity index (χ4v) is 1.01. The second-order valence-electron chi connectivity index (χ2n) is 2.33. The molecule has 0 saturated carbocycles. The molecule has 0 aliphatic heterocycles. The third kappa shape index (κ3) is 1.46. The Morgan fingerprint density at radius 2 is 2.00 bits per heavy atom. The molecule has 0 aliphatic carbocycles. The largest absolute Gasteiger partial charge is 0.275 e. The summed E-state index contributed by atoms with van der Waals surface area (Å²) in [6, 6.07) is 2.25. The third-order valence-electron chi connectivity index (χ3n) is 1.48. The number of halogens is 3. The van der Waals surface area contributed by atoms with E-state index in [4.69, 9.17) is 11.6 Å². The van der Waals surface area contributed by atoms with Crippen molar-refractivity contribution in [3.05, 3.63) is 34.9 Å². The molecule has 1 aromatic carbocycles. The zero-order valence-corrected chi connectivity index (χ0v) is 6.95. The molecule has 0 saturated heterocycles. The minimum Gasteiger partial charge on any atom is -0.275 e. The van der Waals surface area contributed by atoms with E-state index in [2.05, 4.69) is 0 Å². The predicted octanol–water partition coefficient (Wildman–Crippen LogP) is 2.65. The van der Waals surface area contributed by atoms with E-state index in [1.54, 1.807) is 0 Å². The Kier molecular flexibility index (Phi) is 2.43. The van der Waals surface area contributed by atoms with Crippen molar-refractivity contribution in [1.29, 1.82) is 0 Å². The number of aryl methyl sites for hydroxylation is 1. The average Bonchev–Trinajstić information content (AvgIpc) is 1.97. The lowest BCUT2D eigenvalue weighted by Crippen LogP contribution is -2.01. The molecule has 0 aromatic heterocycles. The molecular weight excluding hydrogens is 186 g/mol. The van der Waals surface area contributed by atoms with Gasteiger partial charge in [-0.25, -0.2) is 8.78 Å². The highest BCUT2D eigenvalue weighted by atomic mass is 35.5. The molecule has 4 heteroatoms. The van der Waals surface area contributed by atoms with Crippen LogP contribution >= 0.6 is 11.6 Å². The van der Waals surface area contributed by atoms with Crippen LogP contribution in [0.5, 0.6) is 0 Å². The van der Waals surface area contributed by atoms with Crippen LogP contribution in [0.25, 0.3) is 0 Å². The van der Waals surface area contributed by atoms with Crippen LogP contribution in [-0.2, 0) is 0 Å². The van der Waals surface area contributed by atoms with Gasteiger partial charge in [0.05, 0.1) is 0 Å². The molecule has 0 fully saturated rings. The van der Waals surface area contributed by atoms with Crippen molar-refractivity contribution in [2.75, 3.05) is 0 Å². The van der Waals surface area contributed by atoms with Gasteiger partial charge in [0, 0.05) is 0 Å². The van der Waals surface area contributed by atoms with Crippen LogP contribution in [0.4, 0.5) is 8.78 Å². The molecule has 0 aliphatic rings. The summed E-state index contributed by atoms with van der Waals surface area (Å²) in [4.78, 5) is 10.5. The SMILES string of the molecule is Cc1ccc(F)c(C(=O)Cl)c1F. The second-order valence-corrected chi connectivity index (χ2v) is 2.67. The lowest BCUT2D eigenvalue weighted by atomic mass is 10.1. The van der Waals surface area contributed by atoms with Crippen molar-refractivity contribution in [2.45, 2.75) is 6.92 Å². The predicted molar refractivity (Wildman–Crippen MR) is 41.3 cm³/mol. The fraction of sp³-hybridized carbons (Fsp3) is 0.125. The minimum atomic E-state index is -1.12. The number of benzene rings is 1. The van der Waals surface area contributed by atoms with Crippen molar-refractivity contribution in [2.24, 2.45) is 0 Å². The van der Waals surface area contributed by atoms with Crippen LogP contribution in [-0.4, -0.2) is 5.24 Å². The maximum atomic E-state index is 13.0. The molecule has 64 valence electrons. The number of hydrogen-bond acceptors (Lipinski definition) is 1. The molecule has 1 nitrogen and oxygen atoms in total. The van der Waals surface area contributed by atoms with Crippen molar-refractivity contribution < 1.29 is 13.6 Å². The Bertz CT molecular complexity index is 336. The highest BCUT2D eigenvalue weighted by Crippen LogP contribution is 2.17. The Hall–Kier alpha value is -0.960. The molecular formula is C8H5ClF2O. The molecule has 0 unspecified atom stereocenters. The maximum Gasteiger partial charge on any atom is 0.258 e. The summed E-state index contributed by atoms with van der Waals surface area (Å²) in [5, 5.41) is -1.12. The highest BCUT2D eigenvalue weighted by Gasteiger charge is 2.16. The number of rotatable bonds is 1. The van der Waals surface area contributed by atoms with Gasteiger partial charge >= 0.3 is 0 Å². The fourth-order valence-electron chi connectivity index (χ4n) is 0.837. The maximum absolute atomic E-state index is 13.0. The van der Waals surface area contributed by atoms with Gasteiger partial charge in [-0.2, -0.15) is 0 Å². The van der Waals surface area contributed by atoms with Crippen LogP contribution in [0, 0.1) is 18.6 Å². The summed E-state index contributed by atoms with van der Waals surface area (Å²) in [5.74, 6) is -1.83. The van der Waals surface area contributed by atoms with E-state index in [0.29, 0.717) is 0 Å². The van der Waals surface area contributed by atoms with E-state index < -0.39 is 22.4 Å². The standard InChI is InChI=1S/C8H5ClF2O/c1-4-2-3-5(10)6(7(4)11)8(9)12/h2-3H,1H3. The van der Waals surface area contributed by atoms with Gasteiger partial charge in [0.25, 0.3) is 5.24 Å². The summed E-state index contributed by atoms with van der Waals surface area (Å²) in [6.45, 7) is 1.43. The molecule has 12 heavy (non-hydrogen) atoms. The Balaban J connectivity index is 3.43. The van der Waals surface area contributed by atoms with Gasteiger partial charge in [-0.05, 0) is 30.2 Å². The van der Waals surface area contributed by atoms with E-state index in [0.717, 1.165) is 6.07 Å². The van der Waals surface area contributed by atoms with Crippen LogP contribution in [0.2, 0.25) is 0 Å². The van der Waals surface area contributed by atoms with Crippen LogP contribution in [0.15, 0.2) is 12.1 Å². The van der Waals surface area contributed by atoms with E-state index in [-0.39, 0.29) is 5.56 Å². The highest BCUT2D eigenvalue weighted by molar-refractivity contribution is 6.67. The number of hydrogen-bond donors (Lipinski definition) is 0. The average molecular weight is 191 g/mol. The first-order valence-corrected chi connectivity index (χ1v) is 3.56. The number of carbonyl (C=O) groups excluding carboxylic acids is 1. The molecule has 0 spiro atoms. The van der Waals surface area contributed by atoms with Gasteiger partial charge in [0.15, 0.2) is 0 Å². The van der Waals surface area contributed by atoms with Crippen molar-refractivity contribution in [3.8, 4) is 0 Å². The summed E-state index contributed by atoms with van der Waals surface area (Å²) in [6.07, 6.45) is 0. The zero-order chi connectivity index (χ0) is 9.30. The Morgan fingerprint density at radius 1 is 1.42 bits per heavy atom. The topological polar surface area (TPSA) is 17.1 Å². The molecule has 0 amide bonds. The summed E-state index contributed by atoms with van der Waals surface area (Å²) >= 11 is 4.97. The smallest absolute Gasteiger partial charge is 0.258 e. The van der Waals surface area contributed by atoms with Gasteiger partial charge in [0.2, 0.25) is 0 Å². The normalized spacial score (nSPS) is 10.0. The Labute approximate surface area is 73.0 Å². The number of carbonyl (C=O) groups is 1. The molecule has 0 radical (unpaired) electrons. The molecule has 0 N–H and O–H groups in total. The van der Waals surface area contributed by atoms with Gasteiger partial charge in [-0.1, -0.05) is 6.07 Å². The van der Waals surface area contributed by atoms with Crippen molar-refractivity contribution >= 4 is 16.8 Å². The third-order valence-corrected chi connectivity index (χ3v) is 1.67. The molecule has 0 bridgehead atoms. The molecule has 1 rings (SSSR count). The molecule has 1 aromatic rings. The lowest BCUT2D eigenvalue weighted by Gasteiger charge is -2.01. The molecule has 0 atom stereocenters. The lowest BCUT2D eigenvalue weighted by molar-refractivity contribution is 0.107. The quantitative estimate of drug-likeness (QED) is 0.623. The van der Waals surface area contributed by atoms with E-state index in [1.807, 2.05) is 0 Å². The first-order chi connectivity index (χ1) is 5.54. The van der Waals surface area contributed by atoms with Gasteiger partial charge < -0.3 is 0 Å². The first kappa shape index (κ1) is 9.13. The monoisotopic (exact) mass is 190 g/mol. The van der Waals surface area contributed by atoms with Gasteiger partial charge in [-0.3, -0.25) is 4.79 Å². The minimum absolute atomic E-state index is 0.195. The molecule has 0 heterocycles. The zero-order valence-electron chi connectivity index (χ0n) is 6.20.